The van der Waals surface area contributed by atoms with Crippen LogP contribution in [0, 0.1) is 0 Å². The van der Waals surface area contributed by atoms with Gasteiger partial charge in [0.15, 0.2) is 6.29 Å². The predicted molar refractivity (Wildman–Crippen MR) is 62.8 cm³/mol. The summed E-state index contributed by atoms with van der Waals surface area (Å²) in [5.74, 6) is 0. The molecule has 1 rings (SSSR count). The van der Waals surface area contributed by atoms with Gasteiger partial charge in [0, 0.05) is 27.2 Å². The van der Waals surface area contributed by atoms with Crippen molar-refractivity contribution in [2.24, 2.45) is 0 Å². The van der Waals surface area contributed by atoms with Crippen molar-refractivity contribution >= 4 is 0 Å². The third kappa shape index (κ3) is 4.52. The molecule has 17 heavy (non-hydrogen) atoms. The van der Waals surface area contributed by atoms with Crippen molar-refractivity contribution in [2.45, 2.75) is 50.8 Å². The maximum Gasteiger partial charge on any atom is 0.157 e. The van der Waals surface area contributed by atoms with Gasteiger partial charge in [-0.15, -0.1) is 0 Å². The van der Waals surface area contributed by atoms with Crippen molar-refractivity contribution in [2.75, 3.05) is 27.4 Å². The Bertz CT molecular complexity index is 199. The standard InChI is InChI=1S/C12H24O5/c1-4-5-6-16-12-9(15-3)7-11(13)17-10(12)8-14-2/h9-13H,4-8H2,1-3H3. The van der Waals surface area contributed by atoms with Crippen LogP contribution in [0.3, 0.4) is 0 Å². The van der Waals surface area contributed by atoms with E-state index in [1.54, 1.807) is 14.2 Å². The van der Waals surface area contributed by atoms with Gasteiger partial charge in [0.1, 0.15) is 12.2 Å². The van der Waals surface area contributed by atoms with Gasteiger partial charge >= 0.3 is 0 Å². The van der Waals surface area contributed by atoms with Crippen LogP contribution in [0.15, 0.2) is 0 Å². The highest BCUT2D eigenvalue weighted by molar-refractivity contribution is 4.85. The second-order valence-electron chi connectivity index (χ2n) is 4.28. The van der Waals surface area contributed by atoms with Crippen molar-refractivity contribution in [3.8, 4) is 0 Å². The van der Waals surface area contributed by atoms with Crippen LogP contribution in [-0.2, 0) is 18.9 Å². The molecule has 1 fully saturated rings. The molecule has 102 valence electrons. The lowest BCUT2D eigenvalue weighted by Gasteiger charge is -2.39. The number of aliphatic hydroxyl groups is 1. The van der Waals surface area contributed by atoms with E-state index in [0.717, 1.165) is 12.8 Å². The monoisotopic (exact) mass is 248 g/mol. The molecule has 0 aromatic heterocycles. The lowest BCUT2D eigenvalue weighted by molar-refractivity contribution is -0.255. The van der Waals surface area contributed by atoms with Gasteiger partial charge in [0.25, 0.3) is 0 Å². The van der Waals surface area contributed by atoms with Crippen LogP contribution >= 0.6 is 0 Å². The van der Waals surface area contributed by atoms with E-state index in [9.17, 15) is 5.11 Å². The van der Waals surface area contributed by atoms with Gasteiger partial charge < -0.3 is 24.1 Å². The minimum Gasteiger partial charge on any atom is -0.382 e. The smallest absolute Gasteiger partial charge is 0.157 e. The van der Waals surface area contributed by atoms with Crippen molar-refractivity contribution in [1.29, 1.82) is 0 Å². The fourth-order valence-electron chi connectivity index (χ4n) is 2.01. The molecule has 1 saturated heterocycles. The van der Waals surface area contributed by atoms with Crippen LogP contribution in [0.2, 0.25) is 0 Å². The predicted octanol–water partition coefficient (Wildman–Crippen LogP) is 0.940. The lowest BCUT2D eigenvalue weighted by atomic mass is 10.0. The van der Waals surface area contributed by atoms with Crippen molar-refractivity contribution in [3.05, 3.63) is 0 Å². The van der Waals surface area contributed by atoms with E-state index < -0.39 is 6.29 Å². The first-order chi connectivity index (χ1) is 8.22. The number of methoxy groups -OCH3 is 2. The fourth-order valence-corrected chi connectivity index (χ4v) is 2.01. The zero-order chi connectivity index (χ0) is 12.7. The van der Waals surface area contributed by atoms with E-state index in [1.807, 2.05) is 0 Å². The summed E-state index contributed by atoms with van der Waals surface area (Å²) >= 11 is 0. The second kappa shape index (κ2) is 8.00. The number of aliphatic hydroxyl groups excluding tert-OH is 1. The van der Waals surface area contributed by atoms with Crippen molar-refractivity contribution < 1.29 is 24.1 Å². The summed E-state index contributed by atoms with van der Waals surface area (Å²) in [5.41, 5.74) is 0. The zero-order valence-electron chi connectivity index (χ0n) is 10.9. The lowest BCUT2D eigenvalue weighted by Crippen LogP contribution is -2.52. The molecule has 1 N–H and O–H groups in total. The zero-order valence-corrected chi connectivity index (χ0v) is 10.9. The van der Waals surface area contributed by atoms with E-state index >= 15 is 0 Å². The molecule has 0 aromatic carbocycles. The SMILES string of the molecule is CCCCOC1C(OC)CC(O)OC1COC. The largest absolute Gasteiger partial charge is 0.382 e. The highest BCUT2D eigenvalue weighted by Gasteiger charge is 2.39. The van der Waals surface area contributed by atoms with Gasteiger partial charge in [-0.25, -0.2) is 0 Å². The number of hydrogen-bond acceptors (Lipinski definition) is 5. The third-order valence-corrected chi connectivity index (χ3v) is 2.94. The Balaban J connectivity index is 2.55. The second-order valence-corrected chi connectivity index (χ2v) is 4.28. The van der Waals surface area contributed by atoms with Crippen LogP contribution < -0.4 is 0 Å². The number of ether oxygens (including phenoxy) is 4. The Labute approximate surface area is 103 Å². The molecule has 4 atom stereocenters. The maximum atomic E-state index is 9.58. The molecule has 0 spiro atoms. The van der Waals surface area contributed by atoms with Crippen LogP contribution in [0.25, 0.3) is 0 Å². The first kappa shape index (κ1) is 14.9. The minimum atomic E-state index is -0.800. The van der Waals surface area contributed by atoms with E-state index in [4.69, 9.17) is 18.9 Å². The molecule has 0 saturated carbocycles. The molecule has 0 amide bonds. The average molecular weight is 248 g/mol. The molecule has 4 unspecified atom stereocenters. The molecule has 1 aliphatic rings. The average Bonchev–Trinajstić information content (AvgIpc) is 2.31. The number of rotatable bonds is 7. The first-order valence-corrected chi connectivity index (χ1v) is 6.19. The van der Waals surface area contributed by atoms with E-state index in [1.165, 1.54) is 0 Å². The van der Waals surface area contributed by atoms with E-state index in [0.29, 0.717) is 19.6 Å². The Hall–Kier alpha value is -0.200. The highest BCUT2D eigenvalue weighted by atomic mass is 16.6. The van der Waals surface area contributed by atoms with Crippen molar-refractivity contribution in [1.82, 2.24) is 0 Å². The number of hydrogen-bond donors (Lipinski definition) is 1. The topological polar surface area (TPSA) is 57.2 Å². The normalized spacial score (nSPS) is 33.9. The van der Waals surface area contributed by atoms with Gasteiger partial charge in [-0.1, -0.05) is 13.3 Å². The van der Waals surface area contributed by atoms with Gasteiger partial charge in [0.2, 0.25) is 0 Å². The van der Waals surface area contributed by atoms with Crippen molar-refractivity contribution in [3.63, 3.8) is 0 Å². The van der Waals surface area contributed by atoms with Crippen LogP contribution in [0.4, 0.5) is 0 Å². The van der Waals surface area contributed by atoms with Crippen LogP contribution in [-0.4, -0.2) is 57.1 Å². The number of unbranched alkanes of at least 4 members (excludes halogenated alkanes) is 1. The highest BCUT2D eigenvalue weighted by Crippen LogP contribution is 2.24. The molecule has 1 heterocycles. The summed E-state index contributed by atoms with van der Waals surface area (Å²) < 4.78 is 21.7. The van der Waals surface area contributed by atoms with Gasteiger partial charge in [0.05, 0.1) is 12.7 Å². The first-order valence-electron chi connectivity index (χ1n) is 6.19. The van der Waals surface area contributed by atoms with Gasteiger partial charge in [-0.3, -0.25) is 0 Å². The Kier molecular flexibility index (Phi) is 6.99. The summed E-state index contributed by atoms with van der Waals surface area (Å²) in [6.45, 7) is 3.19. The molecule has 0 bridgehead atoms. The molecule has 5 heteroatoms. The maximum absolute atomic E-state index is 9.58. The minimum absolute atomic E-state index is 0.143. The summed E-state index contributed by atoms with van der Waals surface area (Å²) in [4.78, 5) is 0. The molecule has 1 aliphatic heterocycles. The molecule has 0 radical (unpaired) electrons. The molecule has 5 nitrogen and oxygen atoms in total. The van der Waals surface area contributed by atoms with E-state index in [2.05, 4.69) is 6.92 Å². The summed E-state index contributed by atoms with van der Waals surface area (Å²) in [6, 6.07) is 0. The van der Waals surface area contributed by atoms with E-state index in [-0.39, 0.29) is 18.3 Å². The molecule has 0 aromatic rings. The fraction of sp³-hybridized carbons (Fsp3) is 1.00. The quantitative estimate of drug-likeness (QED) is 0.680. The molecule has 0 aliphatic carbocycles. The van der Waals surface area contributed by atoms with Crippen LogP contribution in [0.1, 0.15) is 26.2 Å². The summed E-state index contributed by atoms with van der Waals surface area (Å²) in [6.07, 6.45) is 1.15. The Morgan fingerprint density at radius 1 is 1.35 bits per heavy atom. The third-order valence-electron chi connectivity index (χ3n) is 2.94. The molecular weight excluding hydrogens is 224 g/mol. The Morgan fingerprint density at radius 3 is 2.71 bits per heavy atom. The Morgan fingerprint density at radius 2 is 2.12 bits per heavy atom. The van der Waals surface area contributed by atoms with Crippen LogP contribution in [0.5, 0.6) is 0 Å². The van der Waals surface area contributed by atoms with Gasteiger partial charge in [-0.2, -0.15) is 0 Å². The summed E-state index contributed by atoms with van der Waals surface area (Å²) in [7, 11) is 3.23. The molecular formula is C12H24O5. The van der Waals surface area contributed by atoms with Gasteiger partial charge in [-0.05, 0) is 6.42 Å². The summed E-state index contributed by atoms with van der Waals surface area (Å²) in [5, 5.41) is 9.58.